The summed E-state index contributed by atoms with van der Waals surface area (Å²) >= 11 is 0. The number of phenols is 1. The van der Waals surface area contributed by atoms with Crippen molar-refractivity contribution in [1.82, 2.24) is 0 Å². The van der Waals surface area contributed by atoms with Gasteiger partial charge in [-0.05, 0) is 6.07 Å². The second-order valence-electron chi connectivity index (χ2n) is 2.46. The number of hydrogen-bond acceptors (Lipinski definition) is 5. The Bertz CT molecular complexity index is 339. The van der Waals surface area contributed by atoms with Crippen LogP contribution in [0.25, 0.3) is 0 Å². The maximum atomic E-state index is 10.4. The van der Waals surface area contributed by atoms with Gasteiger partial charge in [0.25, 0.3) is 5.69 Å². The highest BCUT2D eigenvalue weighted by atomic mass is 16.7. The number of aromatic hydroxyl groups is 1. The Hall–Kier alpha value is -1.82. The minimum atomic E-state index is -0.570. The normalized spacial score (nSPS) is 9.79. The van der Waals surface area contributed by atoms with E-state index in [0.29, 0.717) is 0 Å². The molecule has 0 atom stereocenters. The maximum Gasteiger partial charge on any atom is 0.273 e. The Kier molecular flexibility index (Phi) is 3.24. The van der Waals surface area contributed by atoms with Crippen molar-refractivity contribution in [3.05, 3.63) is 28.3 Å². The van der Waals surface area contributed by atoms with Crippen LogP contribution in [0.3, 0.4) is 0 Å². The molecule has 0 aliphatic heterocycles. The lowest BCUT2D eigenvalue weighted by Gasteiger charge is -2.05. The van der Waals surface area contributed by atoms with E-state index in [2.05, 4.69) is 4.74 Å². The highest BCUT2D eigenvalue weighted by molar-refractivity contribution is 5.47. The molecule has 1 N–H and O–H groups in total. The third-order valence-corrected chi connectivity index (χ3v) is 1.49. The Morgan fingerprint density at radius 1 is 1.57 bits per heavy atom. The molecule has 0 spiro atoms. The third-order valence-electron chi connectivity index (χ3n) is 1.49. The van der Waals surface area contributed by atoms with Gasteiger partial charge < -0.3 is 14.6 Å². The molecule has 1 rings (SSSR count). The number of methoxy groups -OCH3 is 1. The highest BCUT2D eigenvalue weighted by Crippen LogP contribution is 2.29. The van der Waals surface area contributed by atoms with Gasteiger partial charge in [-0.1, -0.05) is 0 Å². The average molecular weight is 199 g/mol. The molecular weight excluding hydrogens is 190 g/mol. The summed E-state index contributed by atoms with van der Waals surface area (Å²) in [5.41, 5.74) is -0.145. The first-order valence-electron chi connectivity index (χ1n) is 3.74. The number of rotatable bonds is 4. The zero-order valence-electron chi connectivity index (χ0n) is 7.47. The Labute approximate surface area is 79.8 Å². The van der Waals surface area contributed by atoms with Crippen molar-refractivity contribution in [2.24, 2.45) is 0 Å². The van der Waals surface area contributed by atoms with E-state index in [1.54, 1.807) is 0 Å². The van der Waals surface area contributed by atoms with Gasteiger partial charge in [-0.15, -0.1) is 0 Å². The monoisotopic (exact) mass is 199 g/mol. The number of nitro benzene ring substituents is 1. The summed E-state index contributed by atoms with van der Waals surface area (Å²) in [5, 5.41) is 19.6. The molecule has 0 fully saturated rings. The minimum Gasteiger partial charge on any atom is -0.504 e. The van der Waals surface area contributed by atoms with Crippen LogP contribution in [-0.4, -0.2) is 23.9 Å². The van der Waals surface area contributed by atoms with Crippen LogP contribution in [-0.2, 0) is 4.74 Å². The smallest absolute Gasteiger partial charge is 0.273 e. The molecule has 0 unspecified atom stereocenters. The second-order valence-corrected chi connectivity index (χ2v) is 2.46. The largest absolute Gasteiger partial charge is 0.504 e. The van der Waals surface area contributed by atoms with Crippen LogP contribution in [0.15, 0.2) is 18.2 Å². The van der Waals surface area contributed by atoms with Crippen molar-refractivity contribution in [3.8, 4) is 11.5 Å². The lowest BCUT2D eigenvalue weighted by molar-refractivity contribution is -0.385. The molecule has 0 radical (unpaired) electrons. The van der Waals surface area contributed by atoms with Crippen LogP contribution in [0, 0.1) is 10.1 Å². The molecule has 0 aliphatic rings. The molecule has 1 aromatic carbocycles. The lowest BCUT2D eigenvalue weighted by Crippen LogP contribution is -1.99. The van der Waals surface area contributed by atoms with Crippen LogP contribution in [0.5, 0.6) is 11.5 Å². The molecule has 14 heavy (non-hydrogen) atoms. The van der Waals surface area contributed by atoms with Gasteiger partial charge >= 0.3 is 0 Å². The van der Waals surface area contributed by atoms with Crippen molar-refractivity contribution in [3.63, 3.8) is 0 Å². The summed E-state index contributed by atoms with van der Waals surface area (Å²) in [4.78, 5) is 9.81. The van der Waals surface area contributed by atoms with E-state index in [0.717, 1.165) is 6.07 Å². The number of phenolic OH excluding ortho intramolecular Hbond substituents is 1. The molecular formula is C8H9NO5. The average Bonchev–Trinajstić information content (AvgIpc) is 2.16. The fourth-order valence-electron chi connectivity index (χ4n) is 0.854. The zero-order valence-corrected chi connectivity index (χ0v) is 7.47. The number of nitro groups is 1. The number of hydrogen-bond donors (Lipinski definition) is 1. The summed E-state index contributed by atoms with van der Waals surface area (Å²) < 4.78 is 9.50. The predicted molar refractivity (Wildman–Crippen MR) is 47.3 cm³/mol. The molecule has 0 heterocycles. The van der Waals surface area contributed by atoms with Crippen molar-refractivity contribution in [1.29, 1.82) is 0 Å². The first-order chi connectivity index (χ1) is 6.65. The molecule has 0 aromatic heterocycles. The second kappa shape index (κ2) is 4.43. The standard InChI is InChI=1S/C8H9NO5/c1-13-5-14-8-4-6(9(11)12)2-3-7(8)10/h2-4,10H,5H2,1H3. The molecule has 76 valence electrons. The van der Waals surface area contributed by atoms with Gasteiger partial charge in [-0.2, -0.15) is 0 Å². The molecule has 6 heteroatoms. The summed E-state index contributed by atoms with van der Waals surface area (Å²) in [6.07, 6.45) is 0. The Morgan fingerprint density at radius 2 is 2.29 bits per heavy atom. The third kappa shape index (κ3) is 2.33. The summed E-state index contributed by atoms with van der Waals surface area (Å²) in [6, 6.07) is 3.52. The van der Waals surface area contributed by atoms with Crippen LogP contribution in [0.2, 0.25) is 0 Å². The van der Waals surface area contributed by atoms with Crippen LogP contribution >= 0.6 is 0 Å². The highest BCUT2D eigenvalue weighted by Gasteiger charge is 2.10. The maximum absolute atomic E-state index is 10.4. The lowest BCUT2D eigenvalue weighted by atomic mass is 10.3. The topological polar surface area (TPSA) is 81.8 Å². The van der Waals surface area contributed by atoms with Gasteiger partial charge in [0.2, 0.25) is 0 Å². The van der Waals surface area contributed by atoms with E-state index in [-0.39, 0.29) is 24.0 Å². The van der Waals surface area contributed by atoms with Gasteiger partial charge in [0.1, 0.15) is 0 Å². The molecule has 1 aromatic rings. The van der Waals surface area contributed by atoms with E-state index in [4.69, 9.17) is 4.74 Å². The fourth-order valence-corrected chi connectivity index (χ4v) is 0.854. The summed E-state index contributed by atoms with van der Waals surface area (Å²) in [7, 11) is 1.41. The summed E-state index contributed by atoms with van der Waals surface area (Å²) in [5.74, 6) is -0.131. The predicted octanol–water partition coefficient (Wildman–Crippen LogP) is 1.28. The van der Waals surface area contributed by atoms with Crippen molar-refractivity contribution >= 4 is 5.69 Å². The Morgan fingerprint density at radius 3 is 2.86 bits per heavy atom. The zero-order chi connectivity index (χ0) is 10.6. The fraction of sp³-hybridized carbons (Fsp3) is 0.250. The van der Waals surface area contributed by atoms with E-state index < -0.39 is 4.92 Å². The molecule has 0 amide bonds. The van der Waals surface area contributed by atoms with Gasteiger partial charge in [0.15, 0.2) is 18.3 Å². The van der Waals surface area contributed by atoms with Gasteiger partial charge in [-0.25, -0.2) is 0 Å². The number of ether oxygens (including phenoxy) is 2. The first-order valence-corrected chi connectivity index (χ1v) is 3.74. The number of nitrogens with zero attached hydrogens (tertiary/aromatic N) is 1. The molecule has 6 nitrogen and oxygen atoms in total. The van der Waals surface area contributed by atoms with Gasteiger partial charge in [0, 0.05) is 13.2 Å². The van der Waals surface area contributed by atoms with E-state index in [9.17, 15) is 15.2 Å². The van der Waals surface area contributed by atoms with Crippen molar-refractivity contribution in [2.75, 3.05) is 13.9 Å². The van der Waals surface area contributed by atoms with E-state index in [1.165, 1.54) is 19.2 Å². The van der Waals surface area contributed by atoms with Crippen molar-refractivity contribution < 1.29 is 19.5 Å². The SMILES string of the molecule is COCOc1cc([N+](=O)[O-])ccc1O. The number of benzene rings is 1. The minimum absolute atomic E-state index is 0.0288. The number of non-ortho nitro benzene ring substituents is 1. The van der Waals surface area contributed by atoms with Gasteiger partial charge in [-0.3, -0.25) is 10.1 Å². The van der Waals surface area contributed by atoms with E-state index >= 15 is 0 Å². The molecule has 0 aliphatic carbocycles. The first kappa shape index (κ1) is 10.3. The van der Waals surface area contributed by atoms with Gasteiger partial charge in [0.05, 0.1) is 11.0 Å². The molecule has 0 saturated carbocycles. The molecule has 0 bridgehead atoms. The van der Waals surface area contributed by atoms with Crippen molar-refractivity contribution in [2.45, 2.75) is 0 Å². The van der Waals surface area contributed by atoms with Crippen LogP contribution in [0.4, 0.5) is 5.69 Å². The Balaban J connectivity index is 2.90. The van der Waals surface area contributed by atoms with Crippen LogP contribution in [0.1, 0.15) is 0 Å². The van der Waals surface area contributed by atoms with Crippen LogP contribution < -0.4 is 4.74 Å². The van der Waals surface area contributed by atoms with E-state index in [1.807, 2.05) is 0 Å². The molecule has 0 saturated heterocycles. The summed E-state index contributed by atoms with van der Waals surface area (Å²) in [6.45, 7) is -0.0747. The quantitative estimate of drug-likeness (QED) is 0.448.